The number of hydrogen-bond donors (Lipinski definition) is 0. The summed E-state index contributed by atoms with van der Waals surface area (Å²) in [6.45, 7) is 5.99. The predicted octanol–water partition coefficient (Wildman–Crippen LogP) is 5.00. The van der Waals surface area contributed by atoms with Crippen molar-refractivity contribution >= 4 is 16.9 Å². The molecule has 0 aliphatic carbocycles. The van der Waals surface area contributed by atoms with Crippen LogP contribution in [0, 0.1) is 0 Å². The monoisotopic (exact) mass is 260 g/mol. The zero-order valence-electron chi connectivity index (χ0n) is 10.9. The number of carbonyl (C=O) groups excluding carboxylic acids is 1. The number of benzene rings is 1. The van der Waals surface area contributed by atoms with Gasteiger partial charge in [0.15, 0.2) is 0 Å². The number of rotatable bonds is 7. The second-order valence-electron chi connectivity index (χ2n) is 4.13. The lowest BCUT2D eigenvalue weighted by Crippen LogP contribution is -1.92. The van der Waals surface area contributed by atoms with Crippen LogP contribution >= 0.6 is 11.8 Å². The van der Waals surface area contributed by atoms with Crippen LogP contribution in [0.15, 0.2) is 59.5 Å². The summed E-state index contributed by atoms with van der Waals surface area (Å²) in [4.78, 5) is 12.8. The van der Waals surface area contributed by atoms with Gasteiger partial charge in [0.05, 0.1) is 0 Å². The van der Waals surface area contributed by atoms with E-state index in [2.05, 4.69) is 13.5 Å². The molecule has 0 fully saturated rings. The van der Waals surface area contributed by atoms with Crippen LogP contribution in [0.4, 0.5) is 0 Å². The van der Waals surface area contributed by atoms with E-state index in [0.29, 0.717) is 5.57 Å². The van der Waals surface area contributed by atoms with Gasteiger partial charge in [-0.25, -0.2) is 0 Å². The summed E-state index contributed by atoms with van der Waals surface area (Å²) in [7, 11) is 0. The average Bonchev–Trinajstić information content (AvgIpc) is 2.39. The quantitative estimate of drug-likeness (QED) is 0.297. The molecule has 1 nitrogen and oxygen atoms in total. The molecule has 0 radical (unpaired) electrons. The molecule has 96 valence electrons. The second-order valence-corrected chi connectivity index (χ2v) is 5.17. The molecular formula is C16H20OS. The van der Waals surface area contributed by atoms with Gasteiger partial charge in [-0.1, -0.05) is 56.7 Å². The lowest BCUT2D eigenvalue weighted by Gasteiger charge is -2.00. The van der Waals surface area contributed by atoms with Gasteiger partial charge in [-0.15, -0.1) is 0 Å². The van der Waals surface area contributed by atoms with Gasteiger partial charge in [0.25, 0.3) is 0 Å². The first kappa shape index (κ1) is 14.8. The smallest absolute Gasteiger partial charge is 0.223 e. The van der Waals surface area contributed by atoms with E-state index in [4.69, 9.17) is 0 Å². The first-order valence-corrected chi connectivity index (χ1v) is 7.18. The highest BCUT2D eigenvalue weighted by Crippen LogP contribution is 2.21. The third-order valence-corrected chi connectivity index (χ3v) is 3.46. The fraction of sp³-hybridized carbons (Fsp3) is 0.312. The number of unbranched alkanes of at least 4 members (excludes halogenated alkanes) is 3. The number of hydrogen-bond acceptors (Lipinski definition) is 2. The summed E-state index contributed by atoms with van der Waals surface area (Å²) in [5.41, 5.74) is 0.570. The molecule has 1 aromatic rings. The standard InChI is InChI=1S/C16H20OS/c1-3-4-5-6-8-11-14(2)16(17)18-15-12-9-7-10-13-15/h7-13H,2-6H2,1H3/b11-8-. The number of allylic oxidation sites excluding steroid dienone is 2. The van der Waals surface area contributed by atoms with Crippen LogP contribution < -0.4 is 0 Å². The van der Waals surface area contributed by atoms with E-state index in [9.17, 15) is 4.79 Å². The molecule has 0 N–H and O–H groups in total. The Bertz CT molecular complexity index is 406. The van der Waals surface area contributed by atoms with Gasteiger partial charge in [-0.05, 0) is 36.7 Å². The van der Waals surface area contributed by atoms with Gasteiger partial charge in [-0.2, -0.15) is 0 Å². The van der Waals surface area contributed by atoms with Gasteiger partial charge >= 0.3 is 0 Å². The van der Waals surface area contributed by atoms with Gasteiger partial charge in [0.2, 0.25) is 5.12 Å². The average molecular weight is 260 g/mol. The maximum atomic E-state index is 11.8. The minimum absolute atomic E-state index is 0.0212. The van der Waals surface area contributed by atoms with E-state index >= 15 is 0 Å². The van der Waals surface area contributed by atoms with Crippen LogP contribution in [0.3, 0.4) is 0 Å². The second kappa shape index (κ2) is 8.76. The number of carbonyl (C=O) groups is 1. The lowest BCUT2D eigenvalue weighted by atomic mass is 10.2. The van der Waals surface area contributed by atoms with Crippen molar-refractivity contribution in [3.63, 3.8) is 0 Å². The molecule has 1 aromatic carbocycles. The van der Waals surface area contributed by atoms with Gasteiger partial charge in [-0.3, -0.25) is 4.79 Å². The molecular weight excluding hydrogens is 240 g/mol. The maximum absolute atomic E-state index is 11.8. The maximum Gasteiger partial charge on any atom is 0.223 e. The minimum atomic E-state index is 0.0212. The molecule has 0 saturated heterocycles. The zero-order chi connectivity index (χ0) is 13.2. The fourth-order valence-electron chi connectivity index (χ4n) is 1.47. The van der Waals surface area contributed by atoms with Crippen molar-refractivity contribution in [3.05, 3.63) is 54.6 Å². The first-order chi connectivity index (χ1) is 8.74. The van der Waals surface area contributed by atoms with Crippen LogP contribution in [0.25, 0.3) is 0 Å². The summed E-state index contributed by atoms with van der Waals surface area (Å²) in [5, 5.41) is 0.0212. The molecule has 1 rings (SSSR count). The Morgan fingerprint density at radius 2 is 2.00 bits per heavy atom. The van der Waals surface area contributed by atoms with Gasteiger partial charge < -0.3 is 0 Å². The SMILES string of the molecule is C=C(/C=C\CCCCC)C(=O)Sc1ccccc1. The van der Waals surface area contributed by atoms with Crippen LogP contribution in [0.5, 0.6) is 0 Å². The Labute approximate surface area is 114 Å². The normalized spacial score (nSPS) is 10.7. The molecule has 18 heavy (non-hydrogen) atoms. The van der Waals surface area contributed by atoms with Crippen LogP contribution in [-0.4, -0.2) is 5.12 Å². The lowest BCUT2D eigenvalue weighted by molar-refractivity contribution is -0.107. The summed E-state index contributed by atoms with van der Waals surface area (Å²) in [6, 6.07) is 9.66. The highest BCUT2D eigenvalue weighted by molar-refractivity contribution is 8.14. The predicted molar refractivity (Wildman–Crippen MR) is 79.7 cm³/mol. The summed E-state index contributed by atoms with van der Waals surface area (Å²) >= 11 is 1.23. The molecule has 0 bridgehead atoms. The fourth-order valence-corrected chi connectivity index (χ4v) is 2.17. The number of thioether (sulfide) groups is 1. The first-order valence-electron chi connectivity index (χ1n) is 6.36. The Kier molecular flexibility index (Phi) is 7.19. The topological polar surface area (TPSA) is 17.1 Å². The van der Waals surface area contributed by atoms with Crippen molar-refractivity contribution in [1.82, 2.24) is 0 Å². The van der Waals surface area contributed by atoms with Crippen LogP contribution in [0.1, 0.15) is 32.6 Å². The van der Waals surface area contributed by atoms with E-state index in [1.54, 1.807) is 0 Å². The third-order valence-electron chi connectivity index (χ3n) is 2.51. The molecule has 0 saturated carbocycles. The van der Waals surface area contributed by atoms with Crippen molar-refractivity contribution in [2.45, 2.75) is 37.5 Å². The van der Waals surface area contributed by atoms with Gasteiger partial charge in [0.1, 0.15) is 0 Å². The largest absolute Gasteiger partial charge is 0.281 e. The van der Waals surface area contributed by atoms with E-state index in [-0.39, 0.29) is 5.12 Å². The molecule has 0 unspecified atom stereocenters. The Balaban J connectivity index is 2.35. The van der Waals surface area contributed by atoms with Crippen molar-refractivity contribution in [2.24, 2.45) is 0 Å². The van der Waals surface area contributed by atoms with E-state index in [0.717, 1.165) is 11.3 Å². The molecule has 0 spiro atoms. The van der Waals surface area contributed by atoms with Crippen LogP contribution in [0.2, 0.25) is 0 Å². The van der Waals surface area contributed by atoms with Crippen molar-refractivity contribution < 1.29 is 4.79 Å². The molecule has 0 amide bonds. The summed E-state index contributed by atoms with van der Waals surface area (Å²) in [5.74, 6) is 0. The Morgan fingerprint density at radius 3 is 2.67 bits per heavy atom. The van der Waals surface area contributed by atoms with Gasteiger partial charge in [0, 0.05) is 10.5 Å². The van der Waals surface area contributed by atoms with Crippen molar-refractivity contribution in [1.29, 1.82) is 0 Å². The molecule has 0 aromatic heterocycles. The van der Waals surface area contributed by atoms with Crippen molar-refractivity contribution in [3.8, 4) is 0 Å². The summed E-state index contributed by atoms with van der Waals surface area (Å²) in [6.07, 6.45) is 8.55. The third kappa shape index (κ3) is 5.87. The molecule has 0 atom stereocenters. The zero-order valence-corrected chi connectivity index (χ0v) is 11.7. The van der Waals surface area contributed by atoms with E-state index in [1.807, 2.05) is 42.5 Å². The summed E-state index contributed by atoms with van der Waals surface area (Å²) < 4.78 is 0. The highest BCUT2D eigenvalue weighted by Gasteiger charge is 2.05. The minimum Gasteiger partial charge on any atom is -0.281 e. The molecule has 0 aliphatic rings. The Morgan fingerprint density at radius 1 is 1.28 bits per heavy atom. The molecule has 0 heterocycles. The van der Waals surface area contributed by atoms with Crippen molar-refractivity contribution in [2.75, 3.05) is 0 Å². The van der Waals surface area contributed by atoms with E-state index < -0.39 is 0 Å². The molecule has 0 aliphatic heterocycles. The Hall–Kier alpha value is -1.28. The highest BCUT2D eigenvalue weighted by atomic mass is 32.2. The molecule has 2 heteroatoms. The van der Waals surface area contributed by atoms with E-state index in [1.165, 1.54) is 31.0 Å². The van der Waals surface area contributed by atoms with Crippen LogP contribution in [-0.2, 0) is 4.79 Å².